The van der Waals surface area contributed by atoms with Gasteiger partial charge >= 0.3 is 5.97 Å². The number of benzene rings is 2. The van der Waals surface area contributed by atoms with Crippen LogP contribution < -0.4 is 4.74 Å². The lowest BCUT2D eigenvalue weighted by molar-refractivity contribution is -0.112. The largest absolute Gasteiger partial charge is 0.460 e. The van der Waals surface area contributed by atoms with Crippen molar-refractivity contribution in [2.24, 2.45) is 7.05 Å². The van der Waals surface area contributed by atoms with Crippen molar-refractivity contribution in [3.8, 4) is 5.75 Å². The van der Waals surface area contributed by atoms with Crippen LogP contribution in [-0.2, 0) is 29.7 Å². The van der Waals surface area contributed by atoms with Crippen LogP contribution in [0.1, 0.15) is 33.5 Å². The molecule has 2 aromatic carbocycles. The van der Waals surface area contributed by atoms with Crippen molar-refractivity contribution in [3.63, 3.8) is 0 Å². The molecule has 4 rings (SSSR count). The lowest BCUT2D eigenvalue weighted by Gasteiger charge is -2.28. The van der Waals surface area contributed by atoms with Gasteiger partial charge in [0.05, 0.1) is 6.61 Å². The van der Waals surface area contributed by atoms with E-state index in [1.54, 1.807) is 29.9 Å². The predicted molar refractivity (Wildman–Crippen MR) is 95.5 cm³/mol. The molecule has 0 saturated carbocycles. The first-order valence-electron chi connectivity index (χ1n) is 8.55. The van der Waals surface area contributed by atoms with Crippen molar-refractivity contribution in [2.45, 2.75) is 19.5 Å². The van der Waals surface area contributed by atoms with Gasteiger partial charge in [-0.3, -0.25) is 0 Å². The van der Waals surface area contributed by atoms with E-state index in [4.69, 9.17) is 14.2 Å². The number of hydrogen-bond acceptors (Lipinski definition) is 4. The number of halogens is 1. The van der Waals surface area contributed by atoms with E-state index in [1.165, 1.54) is 12.1 Å². The quantitative estimate of drug-likeness (QED) is 0.651. The van der Waals surface area contributed by atoms with E-state index >= 15 is 0 Å². The molecule has 5 nitrogen and oxygen atoms in total. The summed E-state index contributed by atoms with van der Waals surface area (Å²) < 4.78 is 32.7. The second kappa shape index (κ2) is 7.25. The molecular formula is C21H18FNO4. The van der Waals surface area contributed by atoms with E-state index in [9.17, 15) is 9.18 Å². The van der Waals surface area contributed by atoms with Crippen molar-refractivity contribution in [3.05, 3.63) is 89.0 Å². The van der Waals surface area contributed by atoms with Crippen LogP contribution in [0.15, 0.2) is 60.8 Å². The van der Waals surface area contributed by atoms with Gasteiger partial charge in [0.15, 0.2) is 0 Å². The minimum absolute atomic E-state index is 0.0917. The summed E-state index contributed by atoms with van der Waals surface area (Å²) in [5.41, 5.74) is 2.34. The van der Waals surface area contributed by atoms with Gasteiger partial charge in [0.1, 0.15) is 23.9 Å². The molecule has 27 heavy (non-hydrogen) atoms. The van der Waals surface area contributed by atoms with Gasteiger partial charge in [0, 0.05) is 29.9 Å². The highest BCUT2D eigenvalue weighted by Crippen LogP contribution is 2.36. The van der Waals surface area contributed by atoms with Crippen LogP contribution in [-0.4, -0.2) is 10.5 Å². The van der Waals surface area contributed by atoms with Crippen LogP contribution in [0.5, 0.6) is 5.75 Å². The second-order valence-electron chi connectivity index (χ2n) is 6.31. The first-order chi connectivity index (χ1) is 13.1. The summed E-state index contributed by atoms with van der Waals surface area (Å²) in [6.45, 7) is 0.122. The lowest BCUT2D eigenvalue weighted by Crippen LogP contribution is -2.20. The highest BCUT2D eigenvalue weighted by atomic mass is 19.1. The molecule has 6 heteroatoms. The molecule has 0 amide bonds. The van der Waals surface area contributed by atoms with E-state index in [1.807, 2.05) is 30.3 Å². The Hall–Kier alpha value is -3.12. The van der Waals surface area contributed by atoms with Gasteiger partial charge in [-0.15, -0.1) is 0 Å². The van der Waals surface area contributed by atoms with Crippen LogP contribution in [0.3, 0.4) is 0 Å². The minimum atomic E-state index is -0.591. The molecule has 1 atom stereocenters. The smallest absolute Gasteiger partial charge is 0.355 e. The summed E-state index contributed by atoms with van der Waals surface area (Å²) in [6, 6.07) is 15.6. The fourth-order valence-electron chi connectivity index (χ4n) is 3.05. The average Bonchev–Trinajstić information content (AvgIpc) is 3.12. The maximum Gasteiger partial charge on any atom is 0.355 e. The Labute approximate surface area is 155 Å². The van der Waals surface area contributed by atoms with E-state index in [-0.39, 0.29) is 13.2 Å². The molecule has 1 aliphatic rings. The molecule has 0 bridgehead atoms. The zero-order chi connectivity index (χ0) is 18.8. The van der Waals surface area contributed by atoms with Crippen molar-refractivity contribution in [2.75, 3.05) is 0 Å². The van der Waals surface area contributed by atoms with Crippen LogP contribution in [0.4, 0.5) is 4.39 Å². The van der Waals surface area contributed by atoms with E-state index in [2.05, 4.69) is 0 Å². The summed E-state index contributed by atoms with van der Waals surface area (Å²) >= 11 is 0. The Morgan fingerprint density at radius 1 is 1.22 bits per heavy atom. The number of hydrogen-bond donors (Lipinski definition) is 0. The van der Waals surface area contributed by atoms with Crippen LogP contribution >= 0.6 is 0 Å². The van der Waals surface area contributed by atoms with Crippen molar-refractivity contribution in [1.82, 2.24) is 4.57 Å². The summed E-state index contributed by atoms with van der Waals surface area (Å²) in [4.78, 5) is 12.2. The molecule has 3 aromatic rings. The van der Waals surface area contributed by atoms with Crippen LogP contribution in [0.25, 0.3) is 0 Å². The number of aromatic nitrogens is 1. The number of carbonyl (C=O) groups excluding carboxylic acids is 1. The monoisotopic (exact) mass is 367 g/mol. The fourth-order valence-corrected chi connectivity index (χ4v) is 3.05. The van der Waals surface area contributed by atoms with E-state index in [0.717, 1.165) is 5.56 Å². The third-order valence-corrected chi connectivity index (χ3v) is 4.41. The van der Waals surface area contributed by atoms with Crippen LogP contribution in [0.2, 0.25) is 0 Å². The zero-order valence-corrected chi connectivity index (χ0v) is 14.7. The number of fused-ring (bicyclic) bond motifs is 1. The fraction of sp³-hybridized carbons (Fsp3) is 0.190. The zero-order valence-electron chi connectivity index (χ0n) is 14.7. The molecule has 0 radical (unpaired) electrons. The predicted octanol–water partition coefficient (Wildman–Crippen LogP) is 4.13. The van der Waals surface area contributed by atoms with E-state index in [0.29, 0.717) is 22.6 Å². The lowest BCUT2D eigenvalue weighted by atomic mass is 10.1. The second-order valence-corrected chi connectivity index (χ2v) is 6.31. The topological polar surface area (TPSA) is 49.7 Å². The molecular weight excluding hydrogens is 349 g/mol. The van der Waals surface area contributed by atoms with Crippen molar-refractivity contribution in [1.29, 1.82) is 0 Å². The highest BCUT2D eigenvalue weighted by molar-refractivity contribution is 5.87. The number of nitrogens with zero attached hydrogens (tertiary/aromatic N) is 1. The molecule has 0 N–H and O–H groups in total. The first-order valence-corrected chi connectivity index (χ1v) is 8.55. The van der Waals surface area contributed by atoms with Crippen LogP contribution in [0, 0.1) is 5.82 Å². The van der Waals surface area contributed by atoms with Gasteiger partial charge in [0.2, 0.25) is 6.29 Å². The average molecular weight is 367 g/mol. The third-order valence-electron chi connectivity index (χ3n) is 4.41. The Morgan fingerprint density at radius 3 is 2.78 bits per heavy atom. The molecule has 1 aliphatic heterocycles. The molecule has 0 spiro atoms. The van der Waals surface area contributed by atoms with Gasteiger partial charge in [-0.05, 0) is 24.3 Å². The summed E-state index contributed by atoms with van der Waals surface area (Å²) in [5, 5.41) is 0. The molecule has 0 unspecified atom stereocenters. The first kappa shape index (κ1) is 17.3. The standard InChI is InChI=1S/C21H18FNO4/c1-23-9-5-8-18(23)20(24)25-12-15-10-17(22)11-16-13-26-21(27-19(15)16)14-6-3-2-4-7-14/h2-11,21H,12-13H2,1H3/t21-/m0/s1. The molecule has 138 valence electrons. The number of esters is 1. The van der Waals surface area contributed by atoms with Gasteiger partial charge in [-0.25, -0.2) is 9.18 Å². The van der Waals surface area contributed by atoms with E-state index < -0.39 is 18.1 Å². The summed E-state index contributed by atoms with van der Waals surface area (Å²) in [5.74, 6) is -0.410. The maximum absolute atomic E-state index is 14.0. The summed E-state index contributed by atoms with van der Waals surface area (Å²) in [6.07, 6.45) is 1.16. The Balaban J connectivity index is 1.56. The number of aryl methyl sites for hydroxylation is 1. The number of rotatable bonds is 4. The van der Waals surface area contributed by atoms with Crippen molar-refractivity contribution < 1.29 is 23.4 Å². The van der Waals surface area contributed by atoms with Gasteiger partial charge in [-0.2, -0.15) is 0 Å². The number of ether oxygens (including phenoxy) is 3. The molecule has 2 heterocycles. The Kier molecular flexibility index (Phi) is 4.64. The maximum atomic E-state index is 14.0. The van der Waals surface area contributed by atoms with Gasteiger partial charge in [-0.1, -0.05) is 30.3 Å². The third kappa shape index (κ3) is 3.57. The minimum Gasteiger partial charge on any atom is -0.460 e. The molecule has 0 saturated heterocycles. The summed E-state index contributed by atoms with van der Waals surface area (Å²) in [7, 11) is 1.76. The Bertz CT molecular complexity index is 968. The normalized spacial score (nSPS) is 15.7. The SMILES string of the molecule is Cn1cccc1C(=O)OCc1cc(F)cc2c1O[C@@H](c1ccccc1)OC2. The molecule has 0 aliphatic carbocycles. The number of carbonyl (C=O) groups is 1. The van der Waals surface area contributed by atoms with Gasteiger partial charge in [0.25, 0.3) is 0 Å². The Morgan fingerprint density at radius 2 is 2.04 bits per heavy atom. The molecule has 1 aromatic heterocycles. The van der Waals surface area contributed by atoms with Crippen molar-refractivity contribution >= 4 is 5.97 Å². The van der Waals surface area contributed by atoms with Gasteiger partial charge < -0.3 is 18.8 Å². The highest BCUT2D eigenvalue weighted by Gasteiger charge is 2.25. The molecule has 0 fully saturated rings.